The van der Waals surface area contributed by atoms with Crippen LogP contribution in [0.1, 0.15) is 6.92 Å². The van der Waals surface area contributed by atoms with Gasteiger partial charge in [-0.25, -0.2) is 4.72 Å². The Morgan fingerprint density at radius 2 is 1.62 bits per heavy atom. The molecule has 1 N–H and O–H groups in total. The third-order valence-corrected chi connectivity index (χ3v) is 2.60. The van der Waals surface area contributed by atoms with Crippen LogP contribution in [0, 0.1) is 0 Å². The molecule has 0 aliphatic rings. The molecule has 0 aromatic carbocycles. The highest BCUT2D eigenvalue weighted by Gasteiger charge is 2.67. The number of sulfonamides is 1. The van der Waals surface area contributed by atoms with Gasteiger partial charge in [-0.2, -0.15) is 30.4 Å². The van der Waals surface area contributed by atoms with Gasteiger partial charge in [0, 0.05) is 0 Å². The van der Waals surface area contributed by atoms with Gasteiger partial charge in [-0.1, -0.05) is 6.08 Å². The fourth-order valence-electron chi connectivity index (χ4n) is 0.534. The second-order valence-electron chi connectivity index (χ2n) is 2.48. The second-order valence-corrected chi connectivity index (χ2v) is 4.21. The Bertz CT molecular complexity index is 397. The fourth-order valence-corrected chi connectivity index (χ4v) is 1.30. The van der Waals surface area contributed by atoms with Crippen LogP contribution in [0.4, 0.5) is 22.0 Å². The smallest absolute Gasteiger partial charge is 0.269 e. The summed E-state index contributed by atoms with van der Waals surface area (Å²) in [5, 5.41) is -6.03. The summed E-state index contributed by atoms with van der Waals surface area (Å²) in [6, 6.07) is 0. The predicted molar refractivity (Wildman–Crippen MR) is 42.9 cm³/mol. The third-order valence-electron chi connectivity index (χ3n) is 1.22. The average Bonchev–Trinajstić information content (AvgIpc) is 2.00. The molecular formula is C6H6F5NO3S. The van der Waals surface area contributed by atoms with Crippen LogP contribution in [-0.2, 0) is 14.8 Å². The van der Waals surface area contributed by atoms with E-state index in [2.05, 4.69) is 0 Å². The van der Waals surface area contributed by atoms with E-state index in [-0.39, 0.29) is 0 Å². The lowest BCUT2D eigenvalue weighted by molar-refractivity contribution is -0.241. The van der Waals surface area contributed by atoms with Gasteiger partial charge in [0.15, 0.2) is 0 Å². The van der Waals surface area contributed by atoms with Gasteiger partial charge in [0.2, 0.25) is 0 Å². The average molecular weight is 267 g/mol. The van der Waals surface area contributed by atoms with Crippen molar-refractivity contribution >= 4 is 15.9 Å². The van der Waals surface area contributed by atoms with Gasteiger partial charge >= 0.3 is 21.5 Å². The molecule has 0 atom stereocenters. The van der Waals surface area contributed by atoms with E-state index in [4.69, 9.17) is 0 Å². The van der Waals surface area contributed by atoms with Gasteiger partial charge in [-0.05, 0) is 13.0 Å². The molecule has 0 bridgehead atoms. The summed E-state index contributed by atoms with van der Waals surface area (Å²) in [7, 11) is -6.15. The molecule has 0 heterocycles. The van der Waals surface area contributed by atoms with Crippen molar-refractivity contribution in [2.24, 2.45) is 0 Å². The molecule has 0 saturated heterocycles. The summed E-state index contributed by atoms with van der Waals surface area (Å²) in [6.45, 7) is 1.24. The molecule has 0 aromatic heterocycles. The molecule has 0 radical (unpaired) electrons. The first-order valence-electron chi connectivity index (χ1n) is 3.59. The van der Waals surface area contributed by atoms with Crippen LogP contribution in [0.25, 0.3) is 0 Å². The maximum atomic E-state index is 12.4. The number of hydrogen-bond donors (Lipinski definition) is 1. The molecule has 0 fully saturated rings. The number of halogens is 5. The van der Waals surface area contributed by atoms with Crippen molar-refractivity contribution in [1.82, 2.24) is 4.72 Å². The number of alkyl halides is 5. The highest BCUT2D eigenvalue weighted by Crippen LogP contribution is 2.39. The molecule has 0 rings (SSSR count). The van der Waals surface area contributed by atoms with Gasteiger partial charge in [-0.3, -0.25) is 4.79 Å². The zero-order valence-electron chi connectivity index (χ0n) is 7.68. The molecule has 10 heteroatoms. The van der Waals surface area contributed by atoms with Crippen molar-refractivity contribution in [3.63, 3.8) is 0 Å². The first-order valence-corrected chi connectivity index (χ1v) is 5.07. The van der Waals surface area contributed by atoms with E-state index in [1.54, 1.807) is 0 Å². The van der Waals surface area contributed by atoms with Crippen molar-refractivity contribution in [1.29, 1.82) is 0 Å². The normalized spacial score (nSPS) is 14.1. The predicted octanol–water partition coefficient (Wildman–Crippen LogP) is 1.16. The molecule has 94 valence electrons. The first kappa shape index (κ1) is 14.8. The van der Waals surface area contributed by atoms with E-state index < -0.39 is 27.4 Å². The maximum absolute atomic E-state index is 12.4. The van der Waals surface area contributed by atoms with E-state index in [0.29, 0.717) is 10.8 Å². The lowest BCUT2D eigenvalue weighted by Gasteiger charge is -2.19. The summed E-state index contributed by atoms with van der Waals surface area (Å²) in [4.78, 5) is 10.6. The Morgan fingerprint density at radius 1 is 1.19 bits per heavy atom. The van der Waals surface area contributed by atoms with Crippen LogP contribution < -0.4 is 4.72 Å². The van der Waals surface area contributed by atoms with E-state index in [1.807, 2.05) is 0 Å². The summed E-state index contributed by atoms with van der Waals surface area (Å²) < 4.78 is 81.4. The number of carbonyl (C=O) groups excluding carboxylic acids is 1. The van der Waals surface area contributed by atoms with E-state index in [1.165, 1.54) is 6.92 Å². The lowest BCUT2D eigenvalue weighted by Crippen LogP contribution is -2.51. The Morgan fingerprint density at radius 3 is 1.94 bits per heavy atom. The Labute approximate surface area is 87.2 Å². The molecular weight excluding hydrogens is 261 g/mol. The lowest BCUT2D eigenvalue weighted by atomic mass is 10.5. The maximum Gasteiger partial charge on any atom is 0.471 e. The minimum atomic E-state index is -6.30. The molecule has 1 amide bonds. The molecule has 0 aliphatic heterocycles. The molecule has 0 spiro atoms. The Hall–Kier alpha value is -1.19. The quantitative estimate of drug-likeness (QED) is 0.616. The third kappa shape index (κ3) is 2.90. The number of carbonyl (C=O) groups is 1. The monoisotopic (exact) mass is 267 g/mol. The second kappa shape index (κ2) is 4.36. The van der Waals surface area contributed by atoms with Crippen molar-refractivity contribution in [3.05, 3.63) is 12.2 Å². The minimum Gasteiger partial charge on any atom is -0.269 e. The fraction of sp³-hybridized carbons (Fsp3) is 0.500. The summed E-state index contributed by atoms with van der Waals surface area (Å²) in [5.41, 5.74) is 0. The van der Waals surface area contributed by atoms with Crippen LogP contribution in [-0.4, -0.2) is 25.8 Å². The zero-order chi connectivity index (χ0) is 13.2. The van der Waals surface area contributed by atoms with Crippen molar-refractivity contribution in [2.75, 3.05) is 0 Å². The number of allylic oxidation sites excluding steroid dienone is 1. The number of nitrogens with one attached hydrogen (secondary N) is 1. The Kier molecular flexibility index (Phi) is 4.03. The number of rotatable bonds is 3. The van der Waals surface area contributed by atoms with Crippen LogP contribution in [0.5, 0.6) is 0 Å². The van der Waals surface area contributed by atoms with Gasteiger partial charge < -0.3 is 0 Å². The van der Waals surface area contributed by atoms with Crippen LogP contribution in [0.3, 0.4) is 0 Å². The number of amides is 1. The van der Waals surface area contributed by atoms with Gasteiger partial charge in [0.1, 0.15) is 0 Å². The first-order chi connectivity index (χ1) is 6.95. The topological polar surface area (TPSA) is 63.2 Å². The zero-order valence-corrected chi connectivity index (χ0v) is 8.49. The number of hydrogen-bond acceptors (Lipinski definition) is 3. The van der Waals surface area contributed by atoms with Gasteiger partial charge in [-0.15, -0.1) is 0 Å². The van der Waals surface area contributed by atoms with Crippen molar-refractivity contribution in [2.45, 2.75) is 18.4 Å². The highest BCUT2D eigenvalue weighted by atomic mass is 32.2. The minimum absolute atomic E-state index is 0.490. The van der Waals surface area contributed by atoms with E-state index >= 15 is 0 Å². The van der Waals surface area contributed by atoms with Crippen LogP contribution in [0.2, 0.25) is 0 Å². The molecule has 0 aromatic rings. The summed E-state index contributed by atoms with van der Waals surface area (Å²) in [6.07, 6.45) is -4.84. The van der Waals surface area contributed by atoms with Gasteiger partial charge in [0.05, 0.1) is 0 Å². The molecule has 0 saturated carbocycles. The Balaban J connectivity index is 5.16. The largest absolute Gasteiger partial charge is 0.471 e. The molecule has 0 unspecified atom stereocenters. The van der Waals surface area contributed by atoms with Crippen LogP contribution >= 0.6 is 0 Å². The van der Waals surface area contributed by atoms with E-state index in [0.717, 1.165) is 6.08 Å². The van der Waals surface area contributed by atoms with Crippen LogP contribution in [0.15, 0.2) is 12.2 Å². The van der Waals surface area contributed by atoms with Gasteiger partial charge in [0.25, 0.3) is 5.91 Å². The van der Waals surface area contributed by atoms with E-state index in [9.17, 15) is 35.2 Å². The summed E-state index contributed by atoms with van der Waals surface area (Å²) >= 11 is 0. The highest BCUT2D eigenvalue weighted by molar-refractivity contribution is 7.91. The van der Waals surface area contributed by atoms with Crippen molar-refractivity contribution in [3.8, 4) is 0 Å². The molecule has 16 heavy (non-hydrogen) atoms. The standard InChI is InChI=1S/C6H6F5NO3S/c1-2-3-4(13)12-16(14,15)6(10,11)5(7,8)9/h2-3H,1H3,(H,12,13)/b3-2+. The SMILES string of the molecule is C/C=C/C(=O)NS(=O)(=O)C(F)(F)C(F)(F)F. The summed E-state index contributed by atoms with van der Waals surface area (Å²) in [5.74, 6) is -1.59. The van der Waals surface area contributed by atoms with Crippen molar-refractivity contribution < 1.29 is 35.2 Å². The molecule has 0 aliphatic carbocycles. The molecule has 4 nitrogen and oxygen atoms in total.